The van der Waals surface area contributed by atoms with Crippen molar-refractivity contribution in [3.05, 3.63) is 63.7 Å². The number of nitro benzene ring substituents is 1. The molecule has 0 unspecified atom stereocenters. The summed E-state index contributed by atoms with van der Waals surface area (Å²) in [6, 6.07) is 12.9. The molecular weight excluding hydrogens is 266 g/mol. The maximum absolute atomic E-state index is 10.9. The number of para-hydroxylation sites is 1. The summed E-state index contributed by atoms with van der Waals surface area (Å²) < 4.78 is 0. The van der Waals surface area contributed by atoms with Gasteiger partial charge in [0.2, 0.25) is 0 Å². The Morgan fingerprint density at radius 2 is 2.05 bits per heavy atom. The molecule has 0 radical (unpaired) electrons. The van der Waals surface area contributed by atoms with E-state index in [2.05, 4.69) is 17.0 Å². The second-order valence-corrected chi connectivity index (χ2v) is 5.29. The molecule has 0 aliphatic carbocycles. The minimum absolute atomic E-state index is 0.0875. The van der Waals surface area contributed by atoms with Gasteiger partial charge in [-0.15, -0.1) is 0 Å². The summed E-state index contributed by atoms with van der Waals surface area (Å²) in [5, 5.41) is 10.9. The van der Waals surface area contributed by atoms with Gasteiger partial charge in [-0.05, 0) is 30.5 Å². The van der Waals surface area contributed by atoms with Crippen molar-refractivity contribution < 1.29 is 4.92 Å². The summed E-state index contributed by atoms with van der Waals surface area (Å²) in [7, 11) is 0. The monoisotopic (exact) mass is 283 g/mol. The van der Waals surface area contributed by atoms with Crippen molar-refractivity contribution in [1.82, 2.24) is 0 Å². The third kappa shape index (κ3) is 2.67. The number of benzene rings is 2. The van der Waals surface area contributed by atoms with Gasteiger partial charge in [-0.25, -0.2) is 0 Å². The molecule has 0 amide bonds. The second-order valence-electron chi connectivity index (χ2n) is 5.29. The van der Waals surface area contributed by atoms with E-state index in [1.165, 1.54) is 17.3 Å². The Labute approximate surface area is 123 Å². The van der Waals surface area contributed by atoms with Gasteiger partial charge in [0.05, 0.1) is 4.92 Å². The van der Waals surface area contributed by atoms with Gasteiger partial charge in [-0.1, -0.05) is 18.2 Å². The molecule has 0 aromatic heterocycles. The molecule has 2 aromatic rings. The second kappa shape index (κ2) is 5.44. The van der Waals surface area contributed by atoms with Gasteiger partial charge in [0, 0.05) is 42.2 Å². The number of non-ortho nitro benzene ring substituents is 1. The largest absolute Gasteiger partial charge is 0.398 e. The van der Waals surface area contributed by atoms with E-state index >= 15 is 0 Å². The summed E-state index contributed by atoms with van der Waals surface area (Å²) >= 11 is 0. The van der Waals surface area contributed by atoms with Gasteiger partial charge in [-0.3, -0.25) is 10.1 Å². The molecule has 108 valence electrons. The minimum Gasteiger partial charge on any atom is -0.398 e. The van der Waals surface area contributed by atoms with E-state index in [0.29, 0.717) is 12.2 Å². The van der Waals surface area contributed by atoms with Crippen molar-refractivity contribution in [2.24, 2.45) is 0 Å². The van der Waals surface area contributed by atoms with Crippen LogP contribution in [0.15, 0.2) is 42.5 Å². The van der Waals surface area contributed by atoms with Crippen LogP contribution >= 0.6 is 0 Å². The molecule has 1 heterocycles. The van der Waals surface area contributed by atoms with Crippen molar-refractivity contribution in [3.63, 3.8) is 0 Å². The summed E-state index contributed by atoms with van der Waals surface area (Å²) in [6.07, 6.45) is 2.17. The molecule has 2 aromatic carbocycles. The lowest BCUT2D eigenvalue weighted by atomic mass is 10.0. The Morgan fingerprint density at radius 1 is 1.24 bits per heavy atom. The molecule has 3 rings (SSSR count). The average Bonchev–Trinajstić information content (AvgIpc) is 2.49. The Kier molecular flexibility index (Phi) is 3.48. The SMILES string of the molecule is Nc1ccc([N+](=O)[O-])cc1CN1CCCc2ccccc21. The standard InChI is InChI=1S/C16H17N3O2/c17-15-8-7-14(19(20)21)10-13(15)11-18-9-3-5-12-4-1-2-6-16(12)18/h1-2,4,6-8,10H,3,5,9,11,17H2. The Hall–Kier alpha value is -2.56. The molecule has 2 N–H and O–H groups in total. The number of hydrogen-bond acceptors (Lipinski definition) is 4. The zero-order chi connectivity index (χ0) is 14.8. The van der Waals surface area contributed by atoms with Crippen molar-refractivity contribution in [1.29, 1.82) is 0 Å². The van der Waals surface area contributed by atoms with Crippen LogP contribution in [0.4, 0.5) is 17.1 Å². The van der Waals surface area contributed by atoms with E-state index in [1.807, 2.05) is 12.1 Å². The molecular formula is C16H17N3O2. The lowest BCUT2D eigenvalue weighted by molar-refractivity contribution is -0.384. The molecule has 5 heteroatoms. The van der Waals surface area contributed by atoms with Crippen LogP contribution in [0.3, 0.4) is 0 Å². The predicted octanol–water partition coefficient (Wildman–Crippen LogP) is 3.13. The first kappa shape index (κ1) is 13.4. The number of rotatable bonds is 3. The van der Waals surface area contributed by atoms with E-state index < -0.39 is 0 Å². The molecule has 1 aliphatic heterocycles. The zero-order valence-electron chi connectivity index (χ0n) is 11.7. The summed E-state index contributed by atoms with van der Waals surface area (Å²) in [5.74, 6) is 0. The normalized spacial score (nSPS) is 13.8. The van der Waals surface area contributed by atoms with Crippen LogP contribution in [-0.2, 0) is 13.0 Å². The van der Waals surface area contributed by atoms with Gasteiger partial charge >= 0.3 is 0 Å². The van der Waals surface area contributed by atoms with Crippen LogP contribution < -0.4 is 10.6 Å². The van der Waals surface area contributed by atoms with E-state index in [-0.39, 0.29) is 10.6 Å². The van der Waals surface area contributed by atoms with Crippen LogP contribution in [0.1, 0.15) is 17.5 Å². The van der Waals surface area contributed by atoms with Crippen LogP contribution in [0.25, 0.3) is 0 Å². The number of nitro groups is 1. The highest BCUT2D eigenvalue weighted by Crippen LogP contribution is 2.30. The van der Waals surface area contributed by atoms with Crippen LogP contribution in [0.2, 0.25) is 0 Å². The summed E-state index contributed by atoms with van der Waals surface area (Å²) in [4.78, 5) is 12.8. The van der Waals surface area contributed by atoms with E-state index in [9.17, 15) is 10.1 Å². The molecule has 21 heavy (non-hydrogen) atoms. The smallest absolute Gasteiger partial charge is 0.269 e. The Morgan fingerprint density at radius 3 is 2.86 bits per heavy atom. The zero-order valence-corrected chi connectivity index (χ0v) is 11.7. The minimum atomic E-state index is -0.382. The third-order valence-electron chi connectivity index (χ3n) is 3.91. The van der Waals surface area contributed by atoms with Crippen molar-refractivity contribution in [3.8, 4) is 0 Å². The van der Waals surface area contributed by atoms with Crippen molar-refractivity contribution >= 4 is 17.1 Å². The molecule has 0 spiro atoms. The highest BCUT2D eigenvalue weighted by molar-refractivity contribution is 5.59. The number of fused-ring (bicyclic) bond motifs is 1. The maximum Gasteiger partial charge on any atom is 0.269 e. The Balaban J connectivity index is 1.91. The fourth-order valence-corrected chi connectivity index (χ4v) is 2.82. The summed E-state index contributed by atoms with van der Waals surface area (Å²) in [6.45, 7) is 1.55. The molecule has 0 saturated heterocycles. The van der Waals surface area contributed by atoms with Crippen molar-refractivity contribution in [2.75, 3.05) is 17.2 Å². The van der Waals surface area contributed by atoms with Crippen LogP contribution in [0, 0.1) is 10.1 Å². The quantitative estimate of drug-likeness (QED) is 0.533. The number of nitrogen functional groups attached to an aromatic ring is 1. The Bertz CT molecular complexity index is 685. The molecule has 0 fully saturated rings. The van der Waals surface area contributed by atoms with Crippen LogP contribution in [0.5, 0.6) is 0 Å². The number of aryl methyl sites for hydroxylation is 1. The van der Waals surface area contributed by atoms with Gasteiger partial charge in [0.25, 0.3) is 5.69 Å². The first-order chi connectivity index (χ1) is 10.1. The highest BCUT2D eigenvalue weighted by atomic mass is 16.6. The van der Waals surface area contributed by atoms with Crippen molar-refractivity contribution in [2.45, 2.75) is 19.4 Å². The molecule has 1 aliphatic rings. The van der Waals surface area contributed by atoms with Gasteiger partial charge in [0.15, 0.2) is 0 Å². The summed E-state index contributed by atoms with van der Waals surface area (Å²) in [5.41, 5.74) is 10.0. The number of nitrogens with zero attached hydrogens (tertiary/aromatic N) is 2. The fraction of sp³-hybridized carbons (Fsp3) is 0.250. The first-order valence-electron chi connectivity index (χ1n) is 7.01. The van der Waals surface area contributed by atoms with Gasteiger partial charge in [-0.2, -0.15) is 0 Å². The highest BCUT2D eigenvalue weighted by Gasteiger charge is 2.18. The third-order valence-corrected chi connectivity index (χ3v) is 3.91. The molecule has 0 bridgehead atoms. The van der Waals surface area contributed by atoms with E-state index in [1.54, 1.807) is 12.1 Å². The van der Waals surface area contributed by atoms with E-state index in [0.717, 1.165) is 24.9 Å². The van der Waals surface area contributed by atoms with Gasteiger partial charge < -0.3 is 10.6 Å². The maximum atomic E-state index is 10.9. The topological polar surface area (TPSA) is 72.4 Å². The van der Waals surface area contributed by atoms with Gasteiger partial charge in [0.1, 0.15) is 0 Å². The average molecular weight is 283 g/mol. The number of nitrogens with two attached hydrogens (primary N) is 1. The fourth-order valence-electron chi connectivity index (χ4n) is 2.82. The molecule has 0 atom stereocenters. The van der Waals surface area contributed by atoms with E-state index in [4.69, 9.17) is 5.73 Å². The molecule has 5 nitrogen and oxygen atoms in total. The first-order valence-corrected chi connectivity index (χ1v) is 7.01. The molecule has 0 saturated carbocycles. The number of anilines is 2. The predicted molar refractivity (Wildman–Crippen MR) is 83.3 cm³/mol. The lowest BCUT2D eigenvalue weighted by Gasteiger charge is -2.31. The lowest BCUT2D eigenvalue weighted by Crippen LogP contribution is -2.29. The number of hydrogen-bond donors (Lipinski definition) is 1. The van der Waals surface area contributed by atoms with Crippen LogP contribution in [-0.4, -0.2) is 11.5 Å².